The van der Waals surface area contributed by atoms with Crippen LogP contribution in [0.4, 0.5) is 4.39 Å². The molecule has 1 aromatic heterocycles. The van der Waals surface area contributed by atoms with Crippen molar-refractivity contribution in [2.45, 2.75) is 6.92 Å². The van der Waals surface area contributed by atoms with Crippen molar-refractivity contribution < 1.29 is 13.9 Å². The van der Waals surface area contributed by atoms with E-state index in [1.807, 2.05) is 0 Å². The molecule has 5 heteroatoms. The highest BCUT2D eigenvalue weighted by molar-refractivity contribution is 5.73. The quantitative estimate of drug-likeness (QED) is 0.763. The van der Waals surface area contributed by atoms with E-state index >= 15 is 0 Å². The maximum absolute atomic E-state index is 13.2. The smallest absolute Gasteiger partial charge is 0.321 e. The molecule has 0 aliphatic heterocycles. The molecule has 17 heavy (non-hydrogen) atoms. The van der Waals surface area contributed by atoms with Gasteiger partial charge in [-0.1, -0.05) is 6.07 Å². The van der Waals surface area contributed by atoms with Gasteiger partial charge in [0.15, 0.2) is 6.29 Å². The number of hydrogen-bond acceptors (Lipinski definition) is 4. The first-order valence-electron chi connectivity index (χ1n) is 4.90. The van der Waals surface area contributed by atoms with Gasteiger partial charge in [-0.2, -0.15) is 0 Å². The van der Waals surface area contributed by atoms with Crippen molar-refractivity contribution in [3.8, 4) is 11.8 Å². The summed E-state index contributed by atoms with van der Waals surface area (Å²) in [5, 5.41) is 0. The number of carbonyl (C=O) groups is 1. The molecule has 0 spiro atoms. The Labute approximate surface area is 97.1 Å². The summed E-state index contributed by atoms with van der Waals surface area (Å²) >= 11 is 0. The fourth-order valence-corrected chi connectivity index (χ4v) is 1.18. The highest BCUT2D eigenvalue weighted by Crippen LogP contribution is 2.20. The van der Waals surface area contributed by atoms with Gasteiger partial charge in [-0.25, -0.2) is 14.4 Å². The molecule has 2 rings (SSSR count). The molecule has 0 atom stereocenters. The van der Waals surface area contributed by atoms with E-state index in [-0.39, 0.29) is 11.8 Å². The van der Waals surface area contributed by atoms with E-state index in [2.05, 4.69) is 9.97 Å². The van der Waals surface area contributed by atoms with Crippen molar-refractivity contribution in [3.05, 3.63) is 47.5 Å². The van der Waals surface area contributed by atoms with Gasteiger partial charge >= 0.3 is 6.01 Å². The third kappa shape index (κ3) is 2.63. The zero-order valence-corrected chi connectivity index (χ0v) is 9.05. The molecular formula is C12H9FN2O2. The first kappa shape index (κ1) is 11.2. The average Bonchev–Trinajstić information content (AvgIpc) is 2.35. The van der Waals surface area contributed by atoms with Crippen LogP contribution >= 0.6 is 0 Å². The third-order valence-corrected chi connectivity index (χ3v) is 2.14. The summed E-state index contributed by atoms with van der Waals surface area (Å²) in [4.78, 5) is 18.0. The number of aromatic nitrogens is 2. The third-order valence-electron chi connectivity index (χ3n) is 2.14. The number of nitrogens with zero attached hydrogens (tertiary/aromatic N) is 2. The van der Waals surface area contributed by atoms with E-state index in [0.29, 0.717) is 23.2 Å². The van der Waals surface area contributed by atoms with Gasteiger partial charge in [0.1, 0.15) is 11.6 Å². The molecule has 0 N–H and O–H groups in total. The fourth-order valence-electron chi connectivity index (χ4n) is 1.18. The van der Waals surface area contributed by atoms with Crippen LogP contribution in [-0.4, -0.2) is 16.3 Å². The van der Waals surface area contributed by atoms with Gasteiger partial charge in [-0.15, -0.1) is 0 Å². The molecule has 0 fully saturated rings. The minimum Gasteiger partial charge on any atom is -0.424 e. The van der Waals surface area contributed by atoms with Gasteiger partial charge in [0.05, 0.1) is 5.56 Å². The lowest BCUT2D eigenvalue weighted by atomic mass is 10.2. The van der Waals surface area contributed by atoms with E-state index in [9.17, 15) is 9.18 Å². The summed E-state index contributed by atoms with van der Waals surface area (Å²) in [6.45, 7) is 1.66. The Morgan fingerprint density at radius 3 is 2.59 bits per heavy atom. The van der Waals surface area contributed by atoms with Gasteiger partial charge in [-0.05, 0) is 18.6 Å². The second kappa shape index (κ2) is 4.69. The normalized spacial score (nSPS) is 10.0. The predicted molar refractivity (Wildman–Crippen MR) is 58.6 cm³/mol. The predicted octanol–water partition coefficient (Wildman–Crippen LogP) is 2.53. The lowest BCUT2D eigenvalue weighted by Crippen LogP contribution is -1.94. The first-order valence-corrected chi connectivity index (χ1v) is 4.90. The molecule has 2 aromatic rings. The maximum atomic E-state index is 13.2. The van der Waals surface area contributed by atoms with Crippen molar-refractivity contribution >= 4 is 6.29 Å². The van der Waals surface area contributed by atoms with Crippen LogP contribution in [0.3, 0.4) is 0 Å². The van der Waals surface area contributed by atoms with Gasteiger partial charge in [0.25, 0.3) is 0 Å². The average molecular weight is 232 g/mol. The Hall–Kier alpha value is -2.30. The van der Waals surface area contributed by atoms with Gasteiger partial charge in [0.2, 0.25) is 0 Å². The van der Waals surface area contributed by atoms with Crippen LogP contribution < -0.4 is 4.74 Å². The Balaban J connectivity index is 2.19. The monoisotopic (exact) mass is 232 g/mol. The Kier molecular flexibility index (Phi) is 3.09. The maximum Gasteiger partial charge on any atom is 0.321 e. The number of benzene rings is 1. The molecular weight excluding hydrogens is 223 g/mol. The molecule has 86 valence electrons. The summed E-state index contributed by atoms with van der Waals surface area (Å²) in [6, 6.07) is 4.55. The molecule has 4 nitrogen and oxygen atoms in total. The lowest BCUT2D eigenvalue weighted by Gasteiger charge is -2.04. The topological polar surface area (TPSA) is 52.1 Å². The van der Waals surface area contributed by atoms with Crippen molar-refractivity contribution in [1.82, 2.24) is 9.97 Å². The van der Waals surface area contributed by atoms with Crippen molar-refractivity contribution in [3.63, 3.8) is 0 Å². The van der Waals surface area contributed by atoms with Crippen LogP contribution in [0.1, 0.15) is 15.9 Å². The largest absolute Gasteiger partial charge is 0.424 e. The van der Waals surface area contributed by atoms with Crippen LogP contribution in [0.2, 0.25) is 0 Å². The Morgan fingerprint density at radius 2 is 2.00 bits per heavy atom. The summed E-state index contributed by atoms with van der Waals surface area (Å²) in [7, 11) is 0. The Bertz CT molecular complexity index is 541. The standard InChI is InChI=1S/C12H9FN2O2/c1-8-2-3-10(4-11(8)13)17-12-14-5-9(7-16)6-15-12/h2-7H,1H3. The number of ether oxygens (including phenoxy) is 1. The van der Waals surface area contributed by atoms with Crippen LogP contribution in [0.25, 0.3) is 0 Å². The second-order valence-corrected chi connectivity index (χ2v) is 3.43. The molecule has 1 heterocycles. The number of halogens is 1. The molecule has 0 aliphatic rings. The van der Waals surface area contributed by atoms with Crippen LogP contribution in [0.15, 0.2) is 30.6 Å². The first-order chi connectivity index (χ1) is 8.19. The molecule has 0 unspecified atom stereocenters. The number of aryl methyl sites for hydroxylation is 1. The summed E-state index contributed by atoms with van der Waals surface area (Å²) < 4.78 is 18.5. The summed E-state index contributed by atoms with van der Waals surface area (Å²) in [5.41, 5.74) is 0.891. The molecule has 1 aromatic carbocycles. The second-order valence-electron chi connectivity index (χ2n) is 3.43. The molecule has 0 amide bonds. The number of aldehydes is 1. The summed E-state index contributed by atoms with van der Waals surface area (Å²) in [6.07, 6.45) is 3.30. The van der Waals surface area contributed by atoms with Crippen molar-refractivity contribution in [1.29, 1.82) is 0 Å². The molecule has 0 saturated carbocycles. The van der Waals surface area contributed by atoms with Crippen molar-refractivity contribution in [2.24, 2.45) is 0 Å². The van der Waals surface area contributed by atoms with Crippen molar-refractivity contribution in [2.75, 3.05) is 0 Å². The molecule has 0 saturated heterocycles. The zero-order valence-electron chi connectivity index (χ0n) is 9.05. The Morgan fingerprint density at radius 1 is 1.29 bits per heavy atom. The zero-order chi connectivity index (χ0) is 12.3. The van der Waals surface area contributed by atoms with E-state index in [4.69, 9.17) is 4.74 Å². The number of rotatable bonds is 3. The summed E-state index contributed by atoms with van der Waals surface area (Å²) in [5.74, 6) is -0.0426. The van der Waals surface area contributed by atoms with E-state index in [0.717, 1.165) is 0 Å². The lowest BCUT2D eigenvalue weighted by molar-refractivity contribution is 0.112. The van der Waals surface area contributed by atoms with E-state index < -0.39 is 0 Å². The van der Waals surface area contributed by atoms with Gasteiger partial charge in [0, 0.05) is 18.5 Å². The van der Waals surface area contributed by atoms with Gasteiger partial charge in [-0.3, -0.25) is 4.79 Å². The molecule has 0 bridgehead atoms. The van der Waals surface area contributed by atoms with E-state index in [1.165, 1.54) is 18.5 Å². The van der Waals surface area contributed by atoms with Crippen LogP contribution in [0.5, 0.6) is 11.8 Å². The minimum absolute atomic E-state index is 0.0684. The van der Waals surface area contributed by atoms with E-state index in [1.54, 1.807) is 19.1 Å². The number of hydrogen-bond donors (Lipinski definition) is 0. The molecule has 0 aliphatic carbocycles. The SMILES string of the molecule is Cc1ccc(Oc2ncc(C=O)cn2)cc1F. The van der Waals surface area contributed by atoms with Crippen LogP contribution in [-0.2, 0) is 0 Å². The highest BCUT2D eigenvalue weighted by atomic mass is 19.1. The number of carbonyl (C=O) groups excluding carboxylic acids is 1. The molecule has 0 radical (unpaired) electrons. The van der Waals surface area contributed by atoms with Gasteiger partial charge < -0.3 is 4.74 Å². The fraction of sp³-hybridized carbons (Fsp3) is 0.0833. The highest BCUT2D eigenvalue weighted by Gasteiger charge is 2.03. The minimum atomic E-state index is -0.355. The van der Waals surface area contributed by atoms with Crippen LogP contribution in [0, 0.1) is 12.7 Å².